The number of hydrogen-bond donors (Lipinski definition) is 2. The molecule has 0 unspecified atom stereocenters. The summed E-state index contributed by atoms with van der Waals surface area (Å²) in [5.74, 6) is -0.893. The summed E-state index contributed by atoms with van der Waals surface area (Å²) in [6, 6.07) is 4.68. The minimum Gasteiger partial charge on any atom is -0.477 e. The van der Waals surface area contributed by atoms with Crippen molar-refractivity contribution in [3.05, 3.63) is 23.8 Å². The second-order valence-corrected chi connectivity index (χ2v) is 2.78. The lowest BCUT2D eigenvalue weighted by molar-refractivity contribution is 0.0214. The number of carboxylic acid groups (broad SMARTS) is 1. The van der Waals surface area contributed by atoms with Gasteiger partial charge in [-0.2, -0.15) is 0 Å². The molecule has 0 atom stereocenters. The summed E-state index contributed by atoms with van der Waals surface area (Å²) < 4.78 is 10.1. The van der Waals surface area contributed by atoms with E-state index in [4.69, 9.17) is 20.3 Å². The van der Waals surface area contributed by atoms with Gasteiger partial charge in [0.2, 0.25) is 0 Å². The highest BCUT2D eigenvalue weighted by Gasteiger charge is 2.14. The molecule has 0 saturated heterocycles. The van der Waals surface area contributed by atoms with Gasteiger partial charge in [0.15, 0.2) is 6.79 Å². The van der Waals surface area contributed by atoms with Crippen LogP contribution >= 0.6 is 0 Å². The van der Waals surface area contributed by atoms with Crippen molar-refractivity contribution in [3.8, 4) is 5.75 Å². The van der Waals surface area contributed by atoms with Gasteiger partial charge in [0.1, 0.15) is 11.3 Å². The first-order valence-electron chi connectivity index (χ1n) is 4.49. The average Bonchev–Trinajstić information content (AvgIpc) is 2.17. The number of nitrogens with two attached hydrogens (primary N) is 1. The molecule has 0 spiro atoms. The predicted octanol–water partition coefficient (Wildman–Crippen LogP) is 1.34. The number of carboxylic acids is 1. The lowest BCUT2D eigenvalue weighted by Crippen LogP contribution is -2.09. The fourth-order valence-corrected chi connectivity index (χ4v) is 1.09. The van der Waals surface area contributed by atoms with E-state index in [9.17, 15) is 4.79 Å². The maximum absolute atomic E-state index is 10.9. The molecule has 0 fully saturated rings. The van der Waals surface area contributed by atoms with E-state index in [2.05, 4.69) is 0 Å². The zero-order valence-corrected chi connectivity index (χ0v) is 8.40. The molecular weight excluding hydrogens is 198 g/mol. The number of hydrogen-bond acceptors (Lipinski definition) is 4. The molecule has 0 aromatic heterocycles. The topological polar surface area (TPSA) is 81.8 Å². The summed E-state index contributed by atoms with van der Waals surface area (Å²) in [5.41, 5.74) is 5.67. The van der Waals surface area contributed by atoms with Crippen molar-refractivity contribution < 1.29 is 19.4 Å². The van der Waals surface area contributed by atoms with Crippen LogP contribution in [0.4, 0.5) is 5.69 Å². The molecule has 1 aromatic carbocycles. The first kappa shape index (κ1) is 11.3. The Morgan fingerprint density at radius 2 is 2.27 bits per heavy atom. The van der Waals surface area contributed by atoms with Gasteiger partial charge in [-0.15, -0.1) is 0 Å². The molecule has 15 heavy (non-hydrogen) atoms. The van der Waals surface area contributed by atoms with Crippen molar-refractivity contribution in [1.82, 2.24) is 0 Å². The molecule has 3 N–H and O–H groups in total. The summed E-state index contributed by atoms with van der Waals surface area (Å²) >= 11 is 0. The second kappa shape index (κ2) is 5.21. The van der Waals surface area contributed by atoms with E-state index in [1.165, 1.54) is 6.07 Å². The average molecular weight is 211 g/mol. The van der Waals surface area contributed by atoms with Crippen LogP contribution in [0.1, 0.15) is 17.3 Å². The largest absolute Gasteiger partial charge is 0.477 e. The van der Waals surface area contributed by atoms with Crippen molar-refractivity contribution in [2.75, 3.05) is 19.1 Å². The standard InChI is InChI=1S/C10H13NO4/c1-2-14-6-15-8-5-3-4-7(11)9(8)10(12)13/h3-5H,2,6,11H2,1H3,(H,12,13). The van der Waals surface area contributed by atoms with Gasteiger partial charge in [-0.05, 0) is 19.1 Å². The highest BCUT2D eigenvalue weighted by molar-refractivity contribution is 5.96. The van der Waals surface area contributed by atoms with Gasteiger partial charge < -0.3 is 20.3 Å². The molecule has 0 aliphatic rings. The third kappa shape index (κ3) is 2.85. The number of benzene rings is 1. The Hall–Kier alpha value is -1.75. The molecule has 0 aliphatic heterocycles. The quantitative estimate of drug-likeness (QED) is 0.436. The molecule has 0 aliphatic carbocycles. The second-order valence-electron chi connectivity index (χ2n) is 2.78. The Labute approximate surface area is 87.4 Å². The van der Waals surface area contributed by atoms with Crippen molar-refractivity contribution in [3.63, 3.8) is 0 Å². The Kier molecular flexibility index (Phi) is 3.93. The van der Waals surface area contributed by atoms with Crippen LogP contribution in [0.2, 0.25) is 0 Å². The van der Waals surface area contributed by atoms with Gasteiger partial charge in [-0.25, -0.2) is 4.79 Å². The van der Waals surface area contributed by atoms with E-state index in [1.54, 1.807) is 12.1 Å². The molecule has 82 valence electrons. The third-order valence-electron chi connectivity index (χ3n) is 1.77. The van der Waals surface area contributed by atoms with Crippen LogP contribution < -0.4 is 10.5 Å². The smallest absolute Gasteiger partial charge is 0.341 e. The zero-order chi connectivity index (χ0) is 11.3. The summed E-state index contributed by atoms with van der Waals surface area (Å²) in [6.45, 7) is 2.34. The number of ether oxygens (including phenoxy) is 2. The zero-order valence-electron chi connectivity index (χ0n) is 8.40. The fraction of sp³-hybridized carbons (Fsp3) is 0.300. The van der Waals surface area contributed by atoms with Crippen molar-refractivity contribution in [1.29, 1.82) is 0 Å². The van der Waals surface area contributed by atoms with Gasteiger partial charge in [-0.3, -0.25) is 0 Å². The lowest BCUT2D eigenvalue weighted by Gasteiger charge is -2.10. The Bertz CT molecular complexity index is 351. The summed E-state index contributed by atoms with van der Waals surface area (Å²) in [5, 5.41) is 8.90. The molecule has 1 aromatic rings. The number of carbonyl (C=O) groups is 1. The Morgan fingerprint density at radius 3 is 2.87 bits per heavy atom. The van der Waals surface area contributed by atoms with Crippen molar-refractivity contribution in [2.24, 2.45) is 0 Å². The Morgan fingerprint density at radius 1 is 1.53 bits per heavy atom. The van der Waals surface area contributed by atoms with E-state index in [1.807, 2.05) is 6.92 Å². The van der Waals surface area contributed by atoms with Crippen molar-refractivity contribution >= 4 is 11.7 Å². The molecule has 0 radical (unpaired) electrons. The molecule has 5 heteroatoms. The predicted molar refractivity (Wildman–Crippen MR) is 54.9 cm³/mol. The summed E-state index contributed by atoms with van der Waals surface area (Å²) in [6.07, 6.45) is 0. The van der Waals surface area contributed by atoms with Gasteiger partial charge in [0.25, 0.3) is 0 Å². The van der Waals surface area contributed by atoms with E-state index in [0.29, 0.717) is 6.61 Å². The maximum atomic E-state index is 10.9. The van der Waals surface area contributed by atoms with Gasteiger partial charge in [0, 0.05) is 12.3 Å². The SMILES string of the molecule is CCOCOc1cccc(N)c1C(=O)O. The van der Waals surface area contributed by atoms with E-state index < -0.39 is 5.97 Å². The highest BCUT2D eigenvalue weighted by atomic mass is 16.7. The molecule has 0 amide bonds. The van der Waals surface area contributed by atoms with Crippen LogP contribution in [-0.4, -0.2) is 24.5 Å². The number of anilines is 1. The van der Waals surface area contributed by atoms with Crippen LogP contribution in [-0.2, 0) is 4.74 Å². The van der Waals surface area contributed by atoms with E-state index >= 15 is 0 Å². The molecule has 0 bridgehead atoms. The van der Waals surface area contributed by atoms with Gasteiger partial charge in [0.05, 0.1) is 0 Å². The first-order chi connectivity index (χ1) is 7.16. The fourth-order valence-electron chi connectivity index (χ4n) is 1.09. The number of rotatable bonds is 5. The minimum atomic E-state index is -1.11. The van der Waals surface area contributed by atoms with Gasteiger partial charge >= 0.3 is 5.97 Å². The van der Waals surface area contributed by atoms with Crippen LogP contribution in [0.15, 0.2) is 18.2 Å². The van der Waals surface area contributed by atoms with Gasteiger partial charge in [-0.1, -0.05) is 6.07 Å². The van der Waals surface area contributed by atoms with E-state index in [0.717, 1.165) is 0 Å². The Balaban J connectivity index is 2.86. The molecule has 5 nitrogen and oxygen atoms in total. The van der Waals surface area contributed by atoms with Crippen LogP contribution in [0.25, 0.3) is 0 Å². The summed E-state index contributed by atoms with van der Waals surface area (Å²) in [7, 11) is 0. The maximum Gasteiger partial charge on any atom is 0.341 e. The van der Waals surface area contributed by atoms with E-state index in [-0.39, 0.29) is 23.8 Å². The molecular formula is C10H13NO4. The third-order valence-corrected chi connectivity index (χ3v) is 1.77. The summed E-state index contributed by atoms with van der Waals surface area (Å²) in [4.78, 5) is 10.9. The highest BCUT2D eigenvalue weighted by Crippen LogP contribution is 2.24. The molecule has 0 saturated carbocycles. The molecule has 0 heterocycles. The van der Waals surface area contributed by atoms with Crippen LogP contribution in [0, 0.1) is 0 Å². The number of aromatic carboxylic acids is 1. The monoisotopic (exact) mass is 211 g/mol. The normalized spacial score (nSPS) is 9.93. The van der Waals surface area contributed by atoms with Crippen molar-refractivity contribution in [2.45, 2.75) is 6.92 Å². The first-order valence-corrected chi connectivity index (χ1v) is 4.49. The number of nitrogen functional groups attached to an aromatic ring is 1. The molecule has 1 rings (SSSR count). The van der Waals surface area contributed by atoms with Crippen LogP contribution in [0.3, 0.4) is 0 Å². The minimum absolute atomic E-state index is 0.0141. The van der Waals surface area contributed by atoms with Crippen LogP contribution in [0.5, 0.6) is 5.75 Å². The lowest BCUT2D eigenvalue weighted by atomic mass is 10.1.